The lowest BCUT2D eigenvalue weighted by atomic mass is 10.0. The van der Waals surface area contributed by atoms with E-state index in [1.807, 2.05) is 6.92 Å². The van der Waals surface area contributed by atoms with Crippen molar-refractivity contribution in [3.05, 3.63) is 48.0 Å². The van der Waals surface area contributed by atoms with Gasteiger partial charge in [-0.25, -0.2) is 8.42 Å². The zero-order valence-corrected chi connectivity index (χ0v) is 23.4. The van der Waals surface area contributed by atoms with Crippen molar-refractivity contribution >= 4 is 21.6 Å². The highest BCUT2D eigenvalue weighted by atomic mass is 32.2. The Hall–Kier alpha value is -2.82. The second kappa shape index (κ2) is 11.9. The molecule has 2 aromatic rings. The van der Waals surface area contributed by atoms with Gasteiger partial charge in [-0.15, -0.1) is 0 Å². The van der Waals surface area contributed by atoms with Crippen LogP contribution in [0, 0.1) is 11.8 Å². The predicted molar refractivity (Wildman–Crippen MR) is 146 cm³/mol. The number of rotatable bonds is 10. The SMILES string of the molecule is COc1ccc(S(=O)(=O)Nc2ccc3c(c2)CC(=O)N([C@H](C)CO)C[C@H](C)[C@H](CN(C)CC2CC2)O3)cc1. The summed E-state index contributed by atoms with van der Waals surface area (Å²) in [5.74, 6) is 1.76. The van der Waals surface area contributed by atoms with Gasteiger partial charge in [0.25, 0.3) is 10.0 Å². The second-order valence-corrected chi connectivity index (χ2v) is 12.3. The fourth-order valence-electron chi connectivity index (χ4n) is 4.80. The van der Waals surface area contributed by atoms with Crippen LogP contribution in [0.15, 0.2) is 47.4 Å². The normalized spacial score (nSPS) is 21.1. The van der Waals surface area contributed by atoms with E-state index in [4.69, 9.17) is 9.47 Å². The van der Waals surface area contributed by atoms with Gasteiger partial charge in [-0.1, -0.05) is 6.92 Å². The summed E-state index contributed by atoms with van der Waals surface area (Å²) in [5, 5.41) is 9.83. The lowest BCUT2D eigenvalue weighted by molar-refractivity contribution is -0.134. The largest absolute Gasteiger partial charge is 0.497 e. The molecule has 3 atom stereocenters. The Morgan fingerprint density at radius 3 is 2.53 bits per heavy atom. The van der Waals surface area contributed by atoms with Crippen LogP contribution in [0.3, 0.4) is 0 Å². The number of nitrogens with zero attached hydrogens (tertiary/aromatic N) is 2. The summed E-state index contributed by atoms with van der Waals surface area (Å²) in [6, 6.07) is 10.8. The molecule has 1 aliphatic heterocycles. The van der Waals surface area contributed by atoms with E-state index in [1.54, 1.807) is 35.2 Å². The van der Waals surface area contributed by atoms with Crippen molar-refractivity contribution in [2.45, 2.75) is 50.2 Å². The number of amides is 1. The van der Waals surface area contributed by atoms with Crippen molar-refractivity contribution in [3.8, 4) is 11.5 Å². The van der Waals surface area contributed by atoms with Crippen molar-refractivity contribution in [3.63, 3.8) is 0 Å². The maximum absolute atomic E-state index is 13.4. The third kappa shape index (κ3) is 6.98. The molecule has 0 aromatic heterocycles. The monoisotopic (exact) mass is 545 g/mol. The Balaban J connectivity index is 1.62. The van der Waals surface area contributed by atoms with Crippen LogP contribution in [-0.2, 0) is 21.2 Å². The van der Waals surface area contributed by atoms with Crippen LogP contribution in [0.5, 0.6) is 11.5 Å². The van der Waals surface area contributed by atoms with E-state index < -0.39 is 10.0 Å². The minimum atomic E-state index is -3.85. The van der Waals surface area contributed by atoms with Crippen molar-refractivity contribution in [2.75, 3.05) is 45.1 Å². The number of aliphatic hydroxyl groups is 1. The van der Waals surface area contributed by atoms with Gasteiger partial charge in [-0.2, -0.15) is 0 Å². The molecule has 208 valence electrons. The molecule has 4 rings (SSSR count). The summed E-state index contributed by atoms with van der Waals surface area (Å²) in [6.45, 7) is 5.95. The highest BCUT2D eigenvalue weighted by molar-refractivity contribution is 7.92. The van der Waals surface area contributed by atoms with Crippen LogP contribution >= 0.6 is 0 Å². The predicted octanol–water partition coefficient (Wildman–Crippen LogP) is 2.99. The van der Waals surface area contributed by atoms with Crippen molar-refractivity contribution in [1.82, 2.24) is 9.80 Å². The van der Waals surface area contributed by atoms with Gasteiger partial charge in [0, 0.05) is 36.8 Å². The van der Waals surface area contributed by atoms with Crippen LogP contribution in [0.4, 0.5) is 5.69 Å². The molecule has 2 aliphatic rings. The van der Waals surface area contributed by atoms with Gasteiger partial charge < -0.3 is 24.4 Å². The Morgan fingerprint density at radius 1 is 1.18 bits per heavy atom. The smallest absolute Gasteiger partial charge is 0.261 e. The molecular formula is C28H39N3O6S. The van der Waals surface area contributed by atoms with Crippen LogP contribution in [0.2, 0.25) is 0 Å². The van der Waals surface area contributed by atoms with Crippen molar-refractivity contribution in [2.24, 2.45) is 11.8 Å². The molecule has 1 fully saturated rings. The highest BCUT2D eigenvalue weighted by Gasteiger charge is 2.32. The van der Waals surface area contributed by atoms with E-state index in [1.165, 1.54) is 32.1 Å². The van der Waals surface area contributed by atoms with Crippen LogP contribution in [0.25, 0.3) is 0 Å². The quantitative estimate of drug-likeness (QED) is 0.473. The van der Waals surface area contributed by atoms with Gasteiger partial charge in [0.05, 0.1) is 31.1 Å². The van der Waals surface area contributed by atoms with Gasteiger partial charge in [0.2, 0.25) is 5.91 Å². The first-order valence-corrected chi connectivity index (χ1v) is 14.6. The Kier molecular flexibility index (Phi) is 8.85. The van der Waals surface area contributed by atoms with E-state index >= 15 is 0 Å². The molecule has 1 saturated carbocycles. The van der Waals surface area contributed by atoms with Crippen LogP contribution < -0.4 is 14.2 Å². The molecule has 0 spiro atoms. The molecule has 9 nitrogen and oxygen atoms in total. The number of nitrogens with one attached hydrogen (secondary N) is 1. The third-order valence-electron chi connectivity index (χ3n) is 7.30. The fourth-order valence-corrected chi connectivity index (χ4v) is 5.85. The maximum atomic E-state index is 13.4. The molecule has 0 radical (unpaired) electrons. The molecule has 1 aliphatic carbocycles. The lowest BCUT2D eigenvalue weighted by Crippen LogP contribution is -2.47. The minimum Gasteiger partial charge on any atom is -0.497 e. The number of methoxy groups -OCH3 is 1. The molecule has 38 heavy (non-hydrogen) atoms. The number of carbonyl (C=O) groups excluding carboxylic acids is 1. The number of hydrogen-bond donors (Lipinski definition) is 2. The highest BCUT2D eigenvalue weighted by Crippen LogP contribution is 2.32. The summed E-state index contributed by atoms with van der Waals surface area (Å²) >= 11 is 0. The van der Waals surface area contributed by atoms with Crippen LogP contribution in [-0.4, -0.2) is 81.8 Å². The average Bonchev–Trinajstić information content (AvgIpc) is 3.70. The second-order valence-electron chi connectivity index (χ2n) is 10.7. The fraction of sp³-hybridized carbons (Fsp3) is 0.536. The standard InChI is InChI=1S/C28H39N3O6S/c1-19-15-31(20(2)18-32)28(33)14-22-13-23(29-38(34,35)25-10-8-24(36-4)9-11-25)7-12-26(22)37-27(19)17-30(3)16-21-5-6-21/h7-13,19-21,27,29,32H,5-6,14-18H2,1-4H3/t19-,20+,27-/m0/s1. The van der Waals surface area contributed by atoms with Gasteiger partial charge in [0.15, 0.2) is 0 Å². The Labute approximate surface area is 225 Å². The third-order valence-corrected chi connectivity index (χ3v) is 8.69. The van der Waals surface area contributed by atoms with Gasteiger partial charge in [-0.3, -0.25) is 9.52 Å². The first-order valence-electron chi connectivity index (χ1n) is 13.1. The molecule has 0 unspecified atom stereocenters. The molecule has 0 saturated heterocycles. The zero-order valence-electron chi connectivity index (χ0n) is 22.6. The number of anilines is 1. The molecule has 10 heteroatoms. The van der Waals surface area contributed by atoms with Crippen LogP contribution in [0.1, 0.15) is 32.3 Å². The summed E-state index contributed by atoms with van der Waals surface area (Å²) in [5.41, 5.74) is 0.941. The lowest BCUT2D eigenvalue weighted by Gasteiger charge is -2.34. The van der Waals surface area contributed by atoms with E-state index in [9.17, 15) is 18.3 Å². The number of carbonyl (C=O) groups is 1. The van der Waals surface area contributed by atoms with Crippen molar-refractivity contribution < 1.29 is 27.8 Å². The topological polar surface area (TPSA) is 108 Å². The first-order chi connectivity index (χ1) is 18.1. The molecule has 0 bridgehead atoms. The van der Waals surface area contributed by atoms with Gasteiger partial charge >= 0.3 is 0 Å². The van der Waals surface area contributed by atoms with E-state index in [-0.39, 0.29) is 41.9 Å². The Bertz CT molecular complexity index is 1220. The van der Waals surface area contributed by atoms with Gasteiger partial charge in [-0.05, 0) is 75.2 Å². The molecule has 1 heterocycles. The molecular weight excluding hydrogens is 506 g/mol. The average molecular weight is 546 g/mol. The molecule has 2 aromatic carbocycles. The van der Waals surface area contributed by atoms with E-state index in [0.29, 0.717) is 35.8 Å². The zero-order chi connectivity index (χ0) is 27.4. The van der Waals surface area contributed by atoms with Crippen molar-refractivity contribution in [1.29, 1.82) is 0 Å². The van der Waals surface area contributed by atoms with Gasteiger partial charge in [0.1, 0.15) is 17.6 Å². The number of sulfonamides is 1. The number of fused-ring (bicyclic) bond motifs is 1. The number of hydrogen-bond acceptors (Lipinski definition) is 7. The summed E-state index contributed by atoms with van der Waals surface area (Å²) < 4.78 is 40.3. The molecule has 1 amide bonds. The summed E-state index contributed by atoms with van der Waals surface area (Å²) in [7, 11) is -0.239. The Morgan fingerprint density at radius 2 is 1.89 bits per heavy atom. The number of likely N-dealkylation sites (N-methyl/N-ethyl adjacent to an activating group) is 1. The number of ether oxygens (including phenoxy) is 2. The summed E-state index contributed by atoms with van der Waals surface area (Å²) in [6.07, 6.45) is 2.38. The van der Waals surface area contributed by atoms with E-state index in [2.05, 4.69) is 23.6 Å². The first kappa shape index (κ1) is 28.2. The summed E-state index contributed by atoms with van der Waals surface area (Å²) in [4.78, 5) is 17.5. The number of benzene rings is 2. The number of aliphatic hydroxyl groups excluding tert-OH is 1. The maximum Gasteiger partial charge on any atom is 0.261 e. The van der Waals surface area contributed by atoms with E-state index in [0.717, 1.165) is 12.5 Å². The molecule has 2 N–H and O–H groups in total. The minimum absolute atomic E-state index is 0.0220.